The Bertz CT molecular complexity index is 2630. The van der Waals surface area contributed by atoms with Crippen LogP contribution < -0.4 is 9.80 Å². The van der Waals surface area contributed by atoms with Gasteiger partial charge in [0, 0.05) is 50.3 Å². The molecule has 0 aliphatic carbocycles. The van der Waals surface area contributed by atoms with Crippen molar-refractivity contribution in [2.75, 3.05) is 9.80 Å². The number of furan rings is 1. The molecule has 0 unspecified atom stereocenters. The highest BCUT2D eigenvalue weighted by atomic mass is 16.3. The molecule has 6 heteroatoms. The molecule has 0 amide bonds. The predicted octanol–water partition coefficient (Wildman–Crippen LogP) is 12.4. The van der Waals surface area contributed by atoms with E-state index < -0.39 is 0 Å². The molecule has 52 heavy (non-hydrogen) atoms. The third kappa shape index (κ3) is 4.88. The zero-order valence-corrected chi connectivity index (χ0v) is 28.0. The Labute approximate surface area is 300 Å². The highest BCUT2D eigenvalue weighted by Crippen LogP contribution is 2.43. The summed E-state index contributed by atoms with van der Waals surface area (Å²) in [5.74, 6) is 0.687. The molecule has 0 aliphatic rings. The molecule has 246 valence electrons. The molecule has 7 aromatic carbocycles. The van der Waals surface area contributed by atoms with Crippen molar-refractivity contribution in [3.63, 3.8) is 0 Å². The summed E-state index contributed by atoms with van der Waals surface area (Å²) in [4.78, 5) is 14.2. The summed E-state index contributed by atoms with van der Waals surface area (Å²) in [6, 6.07) is 63.4. The van der Waals surface area contributed by atoms with Crippen LogP contribution in [0.1, 0.15) is 0 Å². The monoisotopic (exact) mass is 669 g/mol. The third-order valence-corrected chi connectivity index (χ3v) is 9.66. The van der Waals surface area contributed by atoms with Crippen LogP contribution in [0, 0.1) is 0 Å². The van der Waals surface area contributed by atoms with Gasteiger partial charge < -0.3 is 14.2 Å². The fourth-order valence-electron chi connectivity index (χ4n) is 7.38. The lowest BCUT2D eigenvalue weighted by Crippen LogP contribution is -2.10. The summed E-state index contributed by atoms with van der Waals surface area (Å²) in [7, 11) is 0. The van der Waals surface area contributed by atoms with Gasteiger partial charge in [0.1, 0.15) is 17.4 Å². The van der Waals surface area contributed by atoms with Crippen molar-refractivity contribution in [2.24, 2.45) is 0 Å². The van der Waals surface area contributed by atoms with Crippen LogP contribution in [-0.2, 0) is 0 Å². The summed E-state index contributed by atoms with van der Waals surface area (Å²) in [5, 5.41) is 3.18. The van der Waals surface area contributed by atoms with Crippen molar-refractivity contribution in [3.8, 4) is 5.82 Å². The molecule has 0 saturated heterocycles. The van der Waals surface area contributed by atoms with E-state index in [0.29, 0.717) is 11.4 Å². The zero-order valence-electron chi connectivity index (χ0n) is 28.0. The van der Waals surface area contributed by atoms with Gasteiger partial charge in [0.25, 0.3) is 0 Å². The number of fused-ring (bicyclic) bond motifs is 6. The van der Waals surface area contributed by atoms with Gasteiger partial charge in [-0.15, -0.1) is 0 Å². The number of nitrogens with zero attached hydrogens (tertiary/aromatic N) is 5. The number of hydrogen-bond donors (Lipinski definition) is 0. The van der Waals surface area contributed by atoms with Crippen LogP contribution >= 0.6 is 0 Å². The maximum absolute atomic E-state index is 6.57. The Balaban J connectivity index is 1.28. The highest BCUT2D eigenvalue weighted by Gasteiger charge is 2.23. The molecule has 3 aromatic heterocycles. The SMILES string of the molecule is c1ccc(N(c2ccccc2)c2ccc3c4ccc(N(c5ccccc5)c5ccccc5)cc4n(-c4ncnc5c4oc4ccccc45)c3c2)cc1. The van der Waals surface area contributed by atoms with Crippen LogP contribution in [0.4, 0.5) is 34.1 Å². The van der Waals surface area contributed by atoms with Crippen molar-refractivity contribution in [3.05, 3.63) is 188 Å². The Morgan fingerprint density at radius 2 is 0.846 bits per heavy atom. The van der Waals surface area contributed by atoms with E-state index in [1.807, 2.05) is 42.5 Å². The van der Waals surface area contributed by atoms with Crippen LogP contribution in [0.15, 0.2) is 193 Å². The molecular formula is C46H31N5O. The standard InChI is InChI=1S/C46H31N5O/c1-5-15-32(16-6-1)49(33-17-7-2-8-18-33)36-25-27-38-39-28-26-37(50(34-19-9-3-10-20-34)35-21-11-4-12-22-35)30-42(39)51(41(38)29-36)46-45-44(47-31-48-46)40-23-13-14-24-43(40)52-45/h1-31H. The molecule has 0 fully saturated rings. The average molecular weight is 670 g/mol. The van der Waals surface area contributed by atoms with Crippen molar-refractivity contribution >= 4 is 78.0 Å². The summed E-state index contributed by atoms with van der Waals surface area (Å²) < 4.78 is 8.81. The van der Waals surface area contributed by atoms with Crippen molar-refractivity contribution in [1.29, 1.82) is 0 Å². The second-order valence-corrected chi connectivity index (χ2v) is 12.7. The third-order valence-electron chi connectivity index (χ3n) is 9.66. The lowest BCUT2D eigenvalue weighted by Gasteiger charge is -2.25. The molecule has 0 N–H and O–H groups in total. The first kappa shape index (κ1) is 29.7. The van der Waals surface area contributed by atoms with Crippen LogP contribution in [0.25, 0.3) is 49.7 Å². The second-order valence-electron chi connectivity index (χ2n) is 12.7. The summed E-state index contributed by atoms with van der Waals surface area (Å²) in [5.41, 5.74) is 10.6. The van der Waals surface area contributed by atoms with E-state index >= 15 is 0 Å². The van der Waals surface area contributed by atoms with Crippen LogP contribution in [0.2, 0.25) is 0 Å². The van der Waals surface area contributed by atoms with Gasteiger partial charge in [0.15, 0.2) is 11.4 Å². The Morgan fingerprint density at radius 1 is 0.404 bits per heavy atom. The molecule has 3 heterocycles. The van der Waals surface area contributed by atoms with E-state index in [0.717, 1.165) is 72.4 Å². The molecule has 10 aromatic rings. The highest BCUT2D eigenvalue weighted by molar-refractivity contribution is 6.13. The molecule has 0 spiro atoms. The fourth-order valence-corrected chi connectivity index (χ4v) is 7.38. The second kappa shape index (κ2) is 12.3. The van der Waals surface area contributed by atoms with E-state index in [1.54, 1.807) is 6.33 Å². The van der Waals surface area contributed by atoms with Gasteiger partial charge in [-0.3, -0.25) is 4.57 Å². The summed E-state index contributed by atoms with van der Waals surface area (Å²) in [6.07, 6.45) is 1.64. The Hall–Kier alpha value is -7.18. The molecule has 0 saturated carbocycles. The van der Waals surface area contributed by atoms with Gasteiger partial charge >= 0.3 is 0 Å². The largest absolute Gasteiger partial charge is 0.450 e. The van der Waals surface area contributed by atoms with E-state index in [1.165, 1.54) is 0 Å². The first-order valence-electron chi connectivity index (χ1n) is 17.3. The van der Waals surface area contributed by atoms with Crippen LogP contribution in [0.3, 0.4) is 0 Å². The summed E-state index contributed by atoms with van der Waals surface area (Å²) >= 11 is 0. The normalized spacial score (nSPS) is 11.5. The predicted molar refractivity (Wildman–Crippen MR) is 213 cm³/mol. The van der Waals surface area contributed by atoms with E-state index in [9.17, 15) is 0 Å². The van der Waals surface area contributed by atoms with E-state index in [4.69, 9.17) is 14.4 Å². The van der Waals surface area contributed by atoms with E-state index in [-0.39, 0.29) is 0 Å². The van der Waals surface area contributed by atoms with Crippen molar-refractivity contribution in [1.82, 2.24) is 14.5 Å². The molecule has 10 rings (SSSR count). The van der Waals surface area contributed by atoms with Crippen LogP contribution in [0.5, 0.6) is 0 Å². The Kier molecular flexibility index (Phi) is 7.03. The molecule has 0 atom stereocenters. The van der Waals surface area contributed by atoms with Gasteiger partial charge in [0.05, 0.1) is 11.0 Å². The minimum atomic E-state index is 0.643. The molecule has 0 bridgehead atoms. The number of aromatic nitrogens is 3. The topological polar surface area (TPSA) is 50.3 Å². The van der Waals surface area contributed by atoms with Gasteiger partial charge in [-0.05, 0) is 84.9 Å². The quantitative estimate of drug-likeness (QED) is 0.169. The lowest BCUT2D eigenvalue weighted by molar-refractivity contribution is 0.662. The fraction of sp³-hybridized carbons (Fsp3) is 0. The number of para-hydroxylation sites is 5. The maximum Gasteiger partial charge on any atom is 0.197 e. The number of benzene rings is 7. The molecular weight excluding hydrogens is 639 g/mol. The number of hydrogen-bond acceptors (Lipinski definition) is 5. The first-order valence-corrected chi connectivity index (χ1v) is 17.3. The maximum atomic E-state index is 6.57. The first-order chi connectivity index (χ1) is 25.8. The zero-order chi connectivity index (χ0) is 34.4. The smallest absolute Gasteiger partial charge is 0.197 e. The minimum Gasteiger partial charge on any atom is -0.450 e. The van der Waals surface area contributed by atoms with Crippen LogP contribution in [-0.4, -0.2) is 14.5 Å². The lowest BCUT2D eigenvalue weighted by atomic mass is 10.1. The molecule has 0 radical (unpaired) electrons. The Morgan fingerprint density at radius 3 is 1.33 bits per heavy atom. The number of anilines is 6. The molecule has 6 nitrogen and oxygen atoms in total. The average Bonchev–Trinajstić information content (AvgIpc) is 3.75. The van der Waals surface area contributed by atoms with Gasteiger partial charge in [-0.1, -0.05) is 97.1 Å². The van der Waals surface area contributed by atoms with Gasteiger partial charge in [0.2, 0.25) is 0 Å². The van der Waals surface area contributed by atoms with Crippen molar-refractivity contribution in [2.45, 2.75) is 0 Å². The molecule has 0 aliphatic heterocycles. The van der Waals surface area contributed by atoms with E-state index in [2.05, 4.69) is 154 Å². The van der Waals surface area contributed by atoms with Gasteiger partial charge in [-0.25, -0.2) is 9.97 Å². The van der Waals surface area contributed by atoms with Gasteiger partial charge in [-0.2, -0.15) is 0 Å². The minimum absolute atomic E-state index is 0.643. The number of rotatable bonds is 7. The summed E-state index contributed by atoms with van der Waals surface area (Å²) in [6.45, 7) is 0. The van der Waals surface area contributed by atoms with Crippen molar-refractivity contribution < 1.29 is 4.42 Å².